The maximum absolute atomic E-state index is 13.3. The van der Waals surface area contributed by atoms with E-state index < -0.39 is 159 Å². The van der Waals surface area contributed by atoms with Crippen LogP contribution in [0.15, 0.2) is 0 Å². The van der Waals surface area contributed by atoms with Crippen molar-refractivity contribution >= 4 is 28.0 Å². The lowest BCUT2D eigenvalue weighted by molar-refractivity contribution is -0.361. The Morgan fingerprint density at radius 2 is 0.724 bits per heavy atom. The SMILES string of the molecule is O=C(CC(C(=O)OCCOCC(F)(F)C(F)(F)C(F)(F)F)C(C(=O)OCCOCC(F)(F)C(F)(F)C(F)(F)F)S(=O)(=O)O)OCCOCC(F)(F)C(F)(F)C(F)(F)F. The van der Waals surface area contributed by atoms with Crippen LogP contribution in [0.25, 0.3) is 0 Å². The van der Waals surface area contributed by atoms with E-state index in [2.05, 4.69) is 28.4 Å². The molecule has 344 valence electrons. The molecule has 0 radical (unpaired) electrons. The molecule has 0 aromatic rings. The van der Waals surface area contributed by atoms with Gasteiger partial charge in [-0.1, -0.05) is 0 Å². The van der Waals surface area contributed by atoms with Gasteiger partial charge in [-0.3, -0.25) is 18.9 Å². The van der Waals surface area contributed by atoms with Crippen LogP contribution in [-0.4, -0.2) is 150 Å². The Morgan fingerprint density at radius 1 is 0.448 bits per heavy atom. The van der Waals surface area contributed by atoms with Crippen molar-refractivity contribution in [3.05, 3.63) is 0 Å². The smallest absolute Gasteiger partial charge is 0.459 e. The van der Waals surface area contributed by atoms with Gasteiger partial charge in [0.05, 0.1) is 32.2 Å². The molecule has 1 N–H and O–H groups in total. The molecule has 0 aliphatic rings. The van der Waals surface area contributed by atoms with Gasteiger partial charge in [0.25, 0.3) is 10.1 Å². The molecule has 0 saturated carbocycles. The van der Waals surface area contributed by atoms with Crippen LogP contribution >= 0.6 is 0 Å². The Kier molecular flexibility index (Phi) is 18.3. The van der Waals surface area contributed by atoms with Gasteiger partial charge in [0.2, 0.25) is 0 Å². The first-order valence-corrected chi connectivity index (χ1v) is 15.8. The van der Waals surface area contributed by atoms with E-state index in [1.165, 1.54) is 0 Å². The van der Waals surface area contributed by atoms with Crippen molar-refractivity contribution in [3.63, 3.8) is 0 Å². The standard InChI is InChI=1S/C24H23F21O12S/c25-16(26,19(31,32)22(37,38)39)8-52-1-4-55-12(46)7-11(14(47)56-5-2-53-9-17(27,28)20(33,34)23(40,41)42)13(58(49,50)51)15(48)57-6-3-54-10-18(29,30)21(35,36)24(43,44)45/h11,13H,1-10H2,(H,49,50,51). The molecular weight excluding hydrogens is 911 g/mol. The van der Waals surface area contributed by atoms with E-state index in [1.807, 2.05) is 0 Å². The van der Waals surface area contributed by atoms with Crippen LogP contribution in [0.1, 0.15) is 6.42 Å². The van der Waals surface area contributed by atoms with E-state index in [9.17, 15) is 120 Å². The van der Waals surface area contributed by atoms with E-state index in [1.54, 1.807) is 0 Å². The number of hydrogen-bond donors (Lipinski definition) is 1. The van der Waals surface area contributed by atoms with Gasteiger partial charge in [0.1, 0.15) is 39.6 Å². The summed E-state index contributed by atoms with van der Waals surface area (Å²) in [6, 6.07) is 0. The van der Waals surface area contributed by atoms with E-state index in [0.29, 0.717) is 0 Å². The predicted molar refractivity (Wildman–Crippen MR) is 137 cm³/mol. The van der Waals surface area contributed by atoms with Gasteiger partial charge < -0.3 is 28.4 Å². The number of hydrogen-bond acceptors (Lipinski definition) is 11. The summed E-state index contributed by atoms with van der Waals surface area (Å²) >= 11 is 0. The van der Waals surface area contributed by atoms with Gasteiger partial charge in [-0.25, -0.2) is 0 Å². The highest BCUT2D eigenvalue weighted by Gasteiger charge is 2.74. The van der Waals surface area contributed by atoms with Gasteiger partial charge in [-0.2, -0.15) is 101 Å². The van der Waals surface area contributed by atoms with E-state index in [0.717, 1.165) is 0 Å². The second-order valence-electron chi connectivity index (χ2n) is 10.8. The summed E-state index contributed by atoms with van der Waals surface area (Å²) in [5.74, 6) is -47.9. The third-order valence-electron chi connectivity index (χ3n) is 6.34. The van der Waals surface area contributed by atoms with Crippen molar-refractivity contribution in [3.8, 4) is 0 Å². The molecule has 12 nitrogen and oxygen atoms in total. The van der Waals surface area contributed by atoms with Crippen molar-refractivity contribution in [2.45, 2.75) is 65.7 Å². The van der Waals surface area contributed by atoms with Gasteiger partial charge in [0, 0.05) is 0 Å². The van der Waals surface area contributed by atoms with Crippen molar-refractivity contribution in [2.24, 2.45) is 5.92 Å². The Labute approximate surface area is 307 Å². The molecule has 0 aliphatic heterocycles. The highest BCUT2D eigenvalue weighted by atomic mass is 32.2. The summed E-state index contributed by atoms with van der Waals surface area (Å²) in [5.41, 5.74) is 0. The second-order valence-corrected chi connectivity index (χ2v) is 12.3. The van der Waals surface area contributed by atoms with E-state index in [4.69, 9.17) is 0 Å². The van der Waals surface area contributed by atoms with Crippen LogP contribution in [0.4, 0.5) is 92.2 Å². The molecule has 0 aliphatic carbocycles. The lowest BCUT2D eigenvalue weighted by atomic mass is 10.0. The quantitative estimate of drug-likeness (QED) is 0.0431. The monoisotopic (exact) mass is 934 g/mol. The number of halogens is 21. The minimum Gasteiger partial charge on any atom is -0.463 e. The maximum atomic E-state index is 13.3. The molecule has 2 atom stereocenters. The molecule has 0 aromatic carbocycles. The molecule has 0 amide bonds. The zero-order valence-corrected chi connectivity index (χ0v) is 28.3. The molecule has 34 heteroatoms. The van der Waals surface area contributed by atoms with Crippen LogP contribution < -0.4 is 0 Å². The number of alkyl halides is 21. The van der Waals surface area contributed by atoms with Gasteiger partial charge in [-0.05, 0) is 0 Å². The van der Waals surface area contributed by atoms with Crippen molar-refractivity contribution in [2.75, 3.05) is 59.5 Å². The lowest BCUT2D eigenvalue weighted by Gasteiger charge is -2.28. The molecule has 0 fully saturated rings. The Morgan fingerprint density at radius 3 is 1.00 bits per heavy atom. The van der Waals surface area contributed by atoms with Crippen LogP contribution in [0.3, 0.4) is 0 Å². The van der Waals surface area contributed by atoms with E-state index in [-0.39, 0.29) is 0 Å². The average Bonchev–Trinajstić information content (AvgIpc) is 3.01. The number of esters is 3. The highest BCUT2D eigenvalue weighted by Crippen LogP contribution is 2.48. The van der Waals surface area contributed by atoms with E-state index >= 15 is 0 Å². The fourth-order valence-electron chi connectivity index (χ4n) is 3.35. The van der Waals surface area contributed by atoms with Crippen molar-refractivity contribution < 1.29 is 148 Å². The minimum absolute atomic E-state index is 1.45. The average molecular weight is 934 g/mol. The summed E-state index contributed by atoms with van der Waals surface area (Å²) in [4.78, 5) is 37.3. The molecular formula is C24H23F21O12S. The minimum atomic E-state index is -6.83. The number of carbonyl (C=O) groups excluding carboxylic acids is 3. The molecule has 0 spiro atoms. The largest absolute Gasteiger partial charge is 0.463 e. The third kappa shape index (κ3) is 14.2. The van der Waals surface area contributed by atoms with Crippen molar-refractivity contribution in [1.82, 2.24) is 0 Å². The second kappa shape index (κ2) is 19.4. The highest BCUT2D eigenvalue weighted by molar-refractivity contribution is 7.87. The van der Waals surface area contributed by atoms with Crippen LogP contribution in [0.2, 0.25) is 0 Å². The van der Waals surface area contributed by atoms with Gasteiger partial charge in [-0.15, -0.1) is 0 Å². The normalized spacial score (nSPS) is 15.5. The molecule has 58 heavy (non-hydrogen) atoms. The first kappa shape index (κ1) is 54.7. The topological polar surface area (TPSA) is 161 Å². The summed E-state index contributed by atoms with van der Waals surface area (Å²) in [6.45, 7) is -17.5. The summed E-state index contributed by atoms with van der Waals surface area (Å²) in [5, 5.41) is -3.51. The summed E-state index contributed by atoms with van der Waals surface area (Å²) < 4.78 is 325. The summed E-state index contributed by atoms with van der Waals surface area (Å²) in [7, 11) is -6.17. The Bertz CT molecular complexity index is 1480. The molecule has 0 aromatic heterocycles. The van der Waals surface area contributed by atoms with Crippen LogP contribution in [0, 0.1) is 5.92 Å². The molecule has 2 unspecified atom stereocenters. The predicted octanol–water partition coefficient (Wildman–Crippen LogP) is 5.43. The fourth-order valence-corrected chi connectivity index (χ4v) is 4.28. The van der Waals surface area contributed by atoms with Gasteiger partial charge in [0.15, 0.2) is 5.25 Å². The zero-order chi connectivity index (χ0) is 46.2. The lowest BCUT2D eigenvalue weighted by Crippen LogP contribution is -2.54. The Hall–Kier alpha value is -3.27. The maximum Gasteiger partial charge on any atom is 0.459 e. The molecule has 0 bridgehead atoms. The third-order valence-corrected chi connectivity index (χ3v) is 7.50. The molecule has 0 saturated heterocycles. The van der Waals surface area contributed by atoms with Crippen LogP contribution in [-0.2, 0) is 52.9 Å². The number of ether oxygens (including phenoxy) is 6. The van der Waals surface area contributed by atoms with Crippen molar-refractivity contribution in [1.29, 1.82) is 0 Å². The summed E-state index contributed by atoms with van der Waals surface area (Å²) in [6.07, 6.45) is -22.4. The first-order chi connectivity index (χ1) is 25.6. The van der Waals surface area contributed by atoms with Crippen LogP contribution in [0.5, 0.6) is 0 Å². The number of rotatable bonds is 24. The zero-order valence-electron chi connectivity index (χ0n) is 27.5. The Balaban J connectivity index is 5.94. The molecule has 0 rings (SSSR count). The first-order valence-electron chi connectivity index (χ1n) is 14.3. The fraction of sp³-hybridized carbons (Fsp3) is 0.875. The van der Waals surface area contributed by atoms with Gasteiger partial charge >= 0.3 is 72.0 Å². The number of carbonyl (C=O) groups is 3. The molecule has 0 heterocycles.